The second-order valence-corrected chi connectivity index (χ2v) is 10.7. The Hall–Kier alpha value is -3.30. The third-order valence-electron chi connectivity index (χ3n) is 7.73. The fourth-order valence-electron chi connectivity index (χ4n) is 5.39. The number of piperidine rings is 1. The predicted octanol–water partition coefficient (Wildman–Crippen LogP) is 4.37. The van der Waals surface area contributed by atoms with Crippen molar-refractivity contribution in [2.45, 2.75) is 96.2 Å². The van der Waals surface area contributed by atoms with Crippen LogP contribution < -0.4 is 10.6 Å². The highest BCUT2D eigenvalue weighted by Gasteiger charge is 2.53. The number of nitrogens with zero attached hydrogens (tertiary/aromatic N) is 2. The van der Waals surface area contributed by atoms with Gasteiger partial charge in [0.1, 0.15) is 18.2 Å². The zero-order valence-corrected chi connectivity index (χ0v) is 24.1. The molecular weight excluding hydrogens is 512 g/mol. The maximum atomic E-state index is 13.5. The lowest BCUT2D eigenvalue weighted by molar-refractivity contribution is -0.161. The summed E-state index contributed by atoms with van der Waals surface area (Å²) in [5.74, 6) is -0.204. The van der Waals surface area contributed by atoms with Gasteiger partial charge in [-0.2, -0.15) is 0 Å². The molecule has 40 heavy (non-hydrogen) atoms. The molecule has 222 valence electrons. The van der Waals surface area contributed by atoms with Gasteiger partial charge in [-0.3, -0.25) is 9.59 Å². The summed E-state index contributed by atoms with van der Waals surface area (Å²) in [4.78, 5) is 54.7. The van der Waals surface area contributed by atoms with Crippen molar-refractivity contribution in [3.8, 4) is 0 Å². The minimum absolute atomic E-state index is 0.0661. The minimum atomic E-state index is -0.925. The monoisotopic (exact) mass is 558 g/mol. The fourth-order valence-corrected chi connectivity index (χ4v) is 5.39. The normalized spacial score (nSPS) is 18.4. The lowest BCUT2D eigenvalue weighted by Gasteiger charge is -2.51. The molecule has 0 aromatic heterocycles. The van der Waals surface area contributed by atoms with Crippen LogP contribution in [0.3, 0.4) is 0 Å². The first-order valence-corrected chi connectivity index (χ1v) is 14.9. The van der Waals surface area contributed by atoms with Gasteiger partial charge in [0, 0.05) is 26.2 Å². The van der Waals surface area contributed by atoms with E-state index in [0.29, 0.717) is 64.9 Å². The van der Waals surface area contributed by atoms with Crippen molar-refractivity contribution in [2.75, 3.05) is 32.8 Å². The number of hydrogen-bond acceptors (Lipinski definition) is 6. The third kappa shape index (κ3) is 8.60. The maximum Gasteiger partial charge on any atom is 0.409 e. The molecule has 2 saturated heterocycles. The van der Waals surface area contributed by atoms with E-state index in [1.165, 1.54) is 0 Å². The molecule has 1 aromatic carbocycles. The molecule has 2 N–H and O–H groups in total. The zero-order chi connectivity index (χ0) is 28.8. The summed E-state index contributed by atoms with van der Waals surface area (Å²) in [7, 11) is 0. The molecule has 4 amide bonds. The molecule has 3 rings (SSSR count). The Kier molecular flexibility index (Phi) is 12.6. The molecule has 1 spiro atoms. The number of nitrogens with one attached hydrogen (secondary N) is 2. The van der Waals surface area contributed by atoms with Crippen LogP contribution in [0.2, 0.25) is 0 Å². The molecule has 0 unspecified atom stereocenters. The smallest absolute Gasteiger partial charge is 0.409 e. The number of piperazine rings is 1. The number of alkyl carbamates (subject to hydrolysis) is 1. The summed E-state index contributed by atoms with van der Waals surface area (Å²) < 4.78 is 10.6. The van der Waals surface area contributed by atoms with Gasteiger partial charge in [-0.25, -0.2) is 9.59 Å². The van der Waals surface area contributed by atoms with Crippen LogP contribution in [0.25, 0.3) is 0 Å². The van der Waals surface area contributed by atoms with E-state index in [4.69, 9.17) is 9.47 Å². The van der Waals surface area contributed by atoms with Crippen molar-refractivity contribution in [1.82, 2.24) is 20.4 Å². The average Bonchev–Trinajstić information content (AvgIpc) is 2.97. The van der Waals surface area contributed by atoms with Gasteiger partial charge in [-0.05, 0) is 50.5 Å². The van der Waals surface area contributed by atoms with E-state index in [1.807, 2.05) is 37.3 Å². The highest BCUT2D eigenvalue weighted by atomic mass is 16.6. The van der Waals surface area contributed by atoms with Gasteiger partial charge >= 0.3 is 12.2 Å². The van der Waals surface area contributed by atoms with Gasteiger partial charge in [0.05, 0.1) is 6.61 Å². The van der Waals surface area contributed by atoms with Crippen LogP contribution >= 0.6 is 0 Å². The standard InChI is InChI=1S/C30H46N4O6/c1-3-5-6-12-22-39-29(38)33-20-16-30(17-21-33)27(36)32-25(26(35)34(30)19-4-2)15-10-11-18-31-28(37)40-23-24-13-8-7-9-14-24/h7-9,13-14,25H,3-6,10-12,15-23H2,1-2H3,(H,31,37)(H,32,36)/t25-/m0/s1. The van der Waals surface area contributed by atoms with Gasteiger partial charge in [0.2, 0.25) is 11.8 Å². The van der Waals surface area contributed by atoms with Crippen molar-refractivity contribution < 1.29 is 28.7 Å². The van der Waals surface area contributed by atoms with E-state index in [1.54, 1.807) is 9.80 Å². The number of benzene rings is 1. The molecule has 10 nitrogen and oxygen atoms in total. The number of rotatable bonds is 14. The molecule has 2 aliphatic rings. The topological polar surface area (TPSA) is 117 Å². The summed E-state index contributed by atoms with van der Waals surface area (Å²) >= 11 is 0. The van der Waals surface area contributed by atoms with Crippen LogP contribution in [-0.2, 0) is 25.7 Å². The predicted molar refractivity (Wildman–Crippen MR) is 151 cm³/mol. The summed E-state index contributed by atoms with van der Waals surface area (Å²) in [6.07, 6.45) is 6.70. The third-order valence-corrected chi connectivity index (χ3v) is 7.73. The van der Waals surface area contributed by atoms with Crippen LogP contribution in [0.5, 0.6) is 0 Å². The number of unbranched alkanes of at least 4 members (excludes halogenated alkanes) is 4. The Labute approximate surface area is 238 Å². The van der Waals surface area contributed by atoms with Crippen LogP contribution in [-0.4, -0.2) is 78.2 Å². The Morgan fingerprint density at radius 3 is 2.42 bits per heavy atom. The van der Waals surface area contributed by atoms with E-state index in [0.717, 1.165) is 37.7 Å². The summed E-state index contributed by atoms with van der Waals surface area (Å²) in [6.45, 7) is 6.44. The van der Waals surface area contributed by atoms with E-state index in [9.17, 15) is 19.2 Å². The molecule has 0 saturated carbocycles. The van der Waals surface area contributed by atoms with Gasteiger partial charge in [-0.1, -0.05) is 63.4 Å². The lowest BCUT2D eigenvalue weighted by Crippen LogP contribution is -2.73. The second-order valence-electron chi connectivity index (χ2n) is 10.7. The van der Waals surface area contributed by atoms with Gasteiger partial charge in [0.25, 0.3) is 0 Å². The summed E-state index contributed by atoms with van der Waals surface area (Å²) in [6, 6.07) is 8.89. The number of hydrogen-bond donors (Lipinski definition) is 2. The van der Waals surface area contributed by atoms with Crippen molar-refractivity contribution in [3.63, 3.8) is 0 Å². The van der Waals surface area contributed by atoms with Crippen LogP contribution in [0.1, 0.15) is 83.6 Å². The highest BCUT2D eigenvalue weighted by molar-refractivity contribution is 6.00. The molecule has 2 aliphatic heterocycles. The van der Waals surface area contributed by atoms with Crippen LogP contribution in [0.4, 0.5) is 9.59 Å². The molecule has 10 heteroatoms. The number of carbonyl (C=O) groups excluding carboxylic acids is 4. The SMILES string of the molecule is CCCCCCOC(=O)N1CCC2(CC1)C(=O)N[C@@H](CCCCNC(=O)OCc1ccccc1)C(=O)N2CCC. The Morgan fingerprint density at radius 2 is 1.73 bits per heavy atom. The number of carbonyl (C=O) groups is 4. The molecule has 0 bridgehead atoms. The first-order chi connectivity index (χ1) is 19.4. The Balaban J connectivity index is 1.42. The molecule has 2 fully saturated rings. The quantitative estimate of drug-likeness (QED) is 0.328. The summed E-state index contributed by atoms with van der Waals surface area (Å²) in [5.41, 5.74) is -0.00650. The average molecular weight is 559 g/mol. The van der Waals surface area contributed by atoms with Crippen LogP contribution in [0.15, 0.2) is 30.3 Å². The molecule has 1 aromatic rings. The van der Waals surface area contributed by atoms with E-state index < -0.39 is 17.7 Å². The van der Waals surface area contributed by atoms with Crippen molar-refractivity contribution in [3.05, 3.63) is 35.9 Å². The molecule has 2 heterocycles. The van der Waals surface area contributed by atoms with Crippen LogP contribution in [0, 0.1) is 0 Å². The maximum absolute atomic E-state index is 13.5. The highest BCUT2D eigenvalue weighted by Crippen LogP contribution is 2.34. The molecule has 1 atom stereocenters. The second kappa shape index (κ2) is 16.1. The number of ether oxygens (including phenoxy) is 2. The van der Waals surface area contributed by atoms with Gasteiger partial charge < -0.3 is 29.9 Å². The minimum Gasteiger partial charge on any atom is -0.449 e. The first kappa shape index (κ1) is 31.2. The summed E-state index contributed by atoms with van der Waals surface area (Å²) in [5, 5.41) is 5.71. The van der Waals surface area contributed by atoms with Crippen molar-refractivity contribution >= 4 is 24.0 Å². The Bertz CT molecular complexity index is 964. The Morgan fingerprint density at radius 1 is 0.975 bits per heavy atom. The van der Waals surface area contributed by atoms with Gasteiger partial charge in [-0.15, -0.1) is 0 Å². The number of amides is 4. The van der Waals surface area contributed by atoms with Crippen molar-refractivity contribution in [2.24, 2.45) is 0 Å². The van der Waals surface area contributed by atoms with E-state index in [-0.39, 0.29) is 24.5 Å². The number of likely N-dealkylation sites (tertiary alicyclic amines) is 1. The molecule has 0 radical (unpaired) electrons. The fraction of sp³-hybridized carbons (Fsp3) is 0.667. The first-order valence-electron chi connectivity index (χ1n) is 14.9. The van der Waals surface area contributed by atoms with Gasteiger partial charge in [0.15, 0.2) is 0 Å². The lowest BCUT2D eigenvalue weighted by atomic mass is 9.81. The largest absolute Gasteiger partial charge is 0.449 e. The van der Waals surface area contributed by atoms with Crippen molar-refractivity contribution in [1.29, 1.82) is 0 Å². The molecular formula is C30H46N4O6. The zero-order valence-electron chi connectivity index (χ0n) is 24.1. The van der Waals surface area contributed by atoms with E-state index in [2.05, 4.69) is 17.6 Å². The molecule has 0 aliphatic carbocycles. The van der Waals surface area contributed by atoms with E-state index >= 15 is 0 Å².